The molecule has 1 N–H and O–H groups in total. The number of benzene rings is 2. The number of anilines is 3. The molecule has 0 amide bonds. The van der Waals surface area contributed by atoms with Gasteiger partial charge in [0.05, 0.1) is 19.9 Å². The molecule has 6 heteroatoms. The molecule has 6 nitrogen and oxygen atoms in total. The van der Waals surface area contributed by atoms with Gasteiger partial charge in [-0.15, -0.1) is 0 Å². The van der Waals surface area contributed by atoms with Crippen LogP contribution in [-0.2, 0) is 0 Å². The highest BCUT2D eigenvalue weighted by atomic mass is 16.5. The van der Waals surface area contributed by atoms with Crippen LogP contribution >= 0.6 is 0 Å². The van der Waals surface area contributed by atoms with E-state index in [4.69, 9.17) is 19.4 Å². The van der Waals surface area contributed by atoms with Gasteiger partial charge in [0.25, 0.3) is 0 Å². The van der Waals surface area contributed by atoms with Crippen LogP contribution in [0.5, 0.6) is 11.5 Å². The van der Waals surface area contributed by atoms with Gasteiger partial charge in [0.15, 0.2) is 5.82 Å². The zero-order valence-electron chi connectivity index (χ0n) is 16.9. The van der Waals surface area contributed by atoms with Crippen molar-refractivity contribution in [1.82, 2.24) is 9.97 Å². The summed E-state index contributed by atoms with van der Waals surface area (Å²) < 4.78 is 10.8. The molecular weight excluding hydrogens is 364 g/mol. The van der Waals surface area contributed by atoms with Gasteiger partial charge in [0, 0.05) is 30.8 Å². The average Bonchev–Trinajstić information content (AvgIpc) is 2.80. The van der Waals surface area contributed by atoms with Crippen molar-refractivity contribution in [3.63, 3.8) is 0 Å². The summed E-state index contributed by atoms with van der Waals surface area (Å²) in [5, 5.41) is 3.41. The highest BCUT2D eigenvalue weighted by Crippen LogP contribution is 2.32. The van der Waals surface area contributed by atoms with Gasteiger partial charge >= 0.3 is 0 Å². The molecule has 1 fully saturated rings. The van der Waals surface area contributed by atoms with Crippen molar-refractivity contribution in [1.29, 1.82) is 0 Å². The Labute approximate surface area is 171 Å². The highest BCUT2D eigenvalue weighted by molar-refractivity contribution is 5.69. The molecule has 0 unspecified atom stereocenters. The van der Waals surface area contributed by atoms with Crippen molar-refractivity contribution in [2.45, 2.75) is 19.3 Å². The molecule has 0 saturated carbocycles. The number of nitrogens with one attached hydrogen (secondary N) is 1. The predicted molar refractivity (Wildman–Crippen MR) is 116 cm³/mol. The van der Waals surface area contributed by atoms with Crippen molar-refractivity contribution in [3.05, 3.63) is 54.6 Å². The minimum absolute atomic E-state index is 0.698. The van der Waals surface area contributed by atoms with Gasteiger partial charge in [-0.25, -0.2) is 9.97 Å². The first kappa shape index (κ1) is 19.1. The fourth-order valence-corrected chi connectivity index (χ4v) is 3.54. The van der Waals surface area contributed by atoms with Gasteiger partial charge in [-0.3, -0.25) is 0 Å². The van der Waals surface area contributed by atoms with E-state index >= 15 is 0 Å². The minimum Gasteiger partial charge on any atom is -0.497 e. The van der Waals surface area contributed by atoms with Crippen LogP contribution < -0.4 is 19.7 Å². The van der Waals surface area contributed by atoms with Gasteiger partial charge in [-0.2, -0.15) is 0 Å². The first-order valence-electron chi connectivity index (χ1n) is 9.95. The summed E-state index contributed by atoms with van der Waals surface area (Å²) in [4.78, 5) is 12.0. The Kier molecular flexibility index (Phi) is 5.79. The van der Waals surface area contributed by atoms with Gasteiger partial charge in [-0.1, -0.05) is 30.3 Å². The van der Waals surface area contributed by atoms with Crippen LogP contribution in [0.2, 0.25) is 0 Å². The van der Waals surface area contributed by atoms with E-state index < -0.39 is 0 Å². The molecule has 29 heavy (non-hydrogen) atoms. The molecule has 0 spiro atoms. The van der Waals surface area contributed by atoms with Crippen LogP contribution in [-0.4, -0.2) is 37.3 Å². The molecular formula is C23H26N4O2. The number of piperidine rings is 1. The summed E-state index contributed by atoms with van der Waals surface area (Å²) >= 11 is 0. The maximum atomic E-state index is 5.53. The van der Waals surface area contributed by atoms with Crippen LogP contribution in [0.3, 0.4) is 0 Å². The second-order valence-electron chi connectivity index (χ2n) is 7.04. The number of hydrogen-bond acceptors (Lipinski definition) is 6. The Morgan fingerprint density at radius 1 is 0.862 bits per heavy atom. The molecule has 0 atom stereocenters. The second-order valence-corrected chi connectivity index (χ2v) is 7.04. The Morgan fingerprint density at radius 3 is 2.38 bits per heavy atom. The Balaban J connectivity index is 1.72. The minimum atomic E-state index is 0.698. The third kappa shape index (κ3) is 4.42. The zero-order chi connectivity index (χ0) is 20.1. The maximum absolute atomic E-state index is 5.53. The first-order chi connectivity index (χ1) is 14.3. The van der Waals surface area contributed by atoms with E-state index in [1.807, 2.05) is 54.6 Å². The summed E-state index contributed by atoms with van der Waals surface area (Å²) in [7, 11) is 3.29. The summed E-state index contributed by atoms with van der Waals surface area (Å²) in [6.07, 6.45) is 3.67. The summed E-state index contributed by atoms with van der Waals surface area (Å²) in [5.74, 6) is 3.85. The SMILES string of the molecule is COc1ccc(Nc2cc(N3CCCCC3)nc(-c3ccccc3)n2)c(OC)c1. The molecule has 2 aromatic carbocycles. The number of methoxy groups -OCH3 is 2. The number of ether oxygens (including phenoxy) is 2. The lowest BCUT2D eigenvalue weighted by Crippen LogP contribution is -2.30. The lowest BCUT2D eigenvalue weighted by atomic mass is 10.1. The zero-order valence-corrected chi connectivity index (χ0v) is 16.9. The standard InChI is InChI=1S/C23H26N4O2/c1-28-18-11-12-19(20(15-18)29-2)24-21-16-22(27-13-7-4-8-14-27)26-23(25-21)17-9-5-3-6-10-17/h3,5-6,9-12,15-16H,4,7-8,13-14H2,1-2H3,(H,24,25,26). The van der Waals surface area contributed by atoms with E-state index in [1.54, 1.807) is 14.2 Å². The summed E-state index contributed by atoms with van der Waals surface area (Å²) in [5.41, 5.74) is 1.83. The highest BCUT2D eigenvalue weighted by Gasteiger charge is 2.16. The van der Waals surface area contributed by atoms with Crippen LogP contribution in [0.25, 0.3) is 11.4 Å². The Hall–Kier alpha value is -3.28. The maximum Gasteiger partial charge on any atom is 0.163 e. The largest absolute Gasteiger partial charge is 0.497 e. The monoisotopic (exact) mass is 390 g/mol. The van der Waals surface area contributed by atoms with Crippen LogP contribution in [0, 0.1) is 0 Å². The van der Waals surface area contributed by atoms with E-state index in [0.29, 0.717) is 11.6 Å². The molecule has 150 valence electrons. The van der Waals surface area contributed by atoms with Crippen molar-refractivity contribution < 1.29 is 9.47 Å². The molecule has 1 aromatic heterocycles. The lowest BCUT2D eigenvalue weighted by Gasteiger charge is -2.28. The van der Waals surface area contributed by atoms with E-state index in [9.17, 15) is 0 Å². The van der Waals surface area contributed by atoms with Gasteiger partial charge in [-0.05, 0) is 31.4 Å². The molecule has 0 aliphatic carbocycles. The summed E-state index contributed by atoms with van der Waals surface area (Å²) in [6.45, 7) is 2.05. The number of aromatic nitrogens is 2. The fourth-order valence-electron chi connectivity index (χ4n) is 3.54. The predicted octanol–water partition coefficient (Wildman–Crippen LogP) is 4.89. The number of nitrogens with zero attached hydrogens (tertiary/aromatic N) is 3. The van der Waals surface area contributed by atoms with Crippen molar-refractivity contribution in [2.24, 2.45) is 0 Å². The van der Waals surface area contributed by atoms with E-state index in [2.05, 4.69) is 10.2 Å². The molecule has 4 rings (SSSR count). The second kappa shape index (κ2) is 8.82. The average molecular weight is 390 g/mol. The van der Waals surface area contributed by atoms with Crippen LogP contribution in [0.15, 0.2) is 54.6 Å². The quantitative estimate of drug-likeness (QED) is 0.646. The first-order valence-corrected chi connectivity index (χ1v) is 9.95. The number of hydrogen-bond donors (Lipinski definition) is 1. The fraction of sp³-hybridized carbons (Fsp3) is 0.304. The van der Waals surface area contributed by atoms with Gasteiger partial charge < -0.3 is 19.7 Å². The third-order valence-electron chi connectivity index (χ3n) is 5.10. The normalized spacial score (nSPS) is 13.8. The van der Waals surface area contributed by atoms with E-state index in [0.717, 1.165) is 41.7 Å². The van der Waals surface area contributed by atoms with E-state index in [1.165, 1.54) is 19.3 Å². The topological polar surface area (TPSA) is 59.5 Å². The molecule has 0 radical (unpaired) electrons. The van der Waals surface area contributed by atoms with Crippen molar-refractivity contribution in [2.75, 3.05) is 37.5 Å². The molecule has 1 saturated heterocycles. The smallest absolute Gasteiger partial charge is 0.163 e. The molecule has 0 bridgehead atoms. The Morgan fingerprint density at radius 2 is 1.66 bits per heavy atom. The Bertz CT molecular complexity index is 956. The number of rotatable bonds is 6. The van der Waals surface area contributed by atoms with Crippen molar-refractivity contribution >= 4 is 17.3 Å². The van der Waals surface area contributed by atoms with Crippen LogP contribution in [0.1, 0.15) is 19.3 Å². The summed E-state index contributed by atoms with van der Waals surface area (Å²) in [6, 6.07) is 17.8. The van der Waals surface area contributed by atoms with E-state index in [-0.39, 0.29) is 0 Å². The molecule has 1 aliphatic heterocycles. The molecule has 1 aliphatic rings. The molecule has 3 aromatic rings. The lowest BCUT2D eigenvalue weighted by molar-refractivity contribution is 0.395. The van der Waals surface area contributed by atoms with Gasteiger partial charge in [0.2, 0.25) is 0 Å². The van der Waals surface area contributed by atoms with Crippen LogP contribution in [0.4, 0.5) is 17.3 Å². The van der Waals surface area contributed by atoms with Crippen molar-refractivity contribution in [3.8, 4) is 22.9 Å². The van der Waals surface area contributed by atoms with Gasteiger partial charge in [0.1, 0.15) is 23.1 Å². The third-order valence-corrected chi connectivity index (χ3v) is 5.10. The molecule has 2 heterocycles.